The van der Waals surface area contributed by atoms with Crippen LogP contribution in [0.3, 0.4) is 0 Å². The second-order valence-corrected chi connectivity index (χ2v) is 6.89. The van der Waals surface area contributed by atoms with Crippen LogP contribution >= 0.6 is 22.9 Å². The second-order valence-electron chi connectivity index (χ2n) is 5.20. The third-order valence-electron chi connectivity index (χ3n) is 3.73. The average Bonchev–Trinajstić information content (AvgIpc) is 3.05. The van der Waals surface area contributed by atoms with Crippen molar-refractivity contribution >= 4 is 33.8 Å². The average molecular weight is 319 g/mol. The molecule has 0 bridgehead atoms. The van der Waals surface area contributed by atoms with Crippen molar-refractivity contribution in [1.82, 2.24) is 4.57 Å². The van der Waals surface area contributed by atoms with Crippen LogP contribution in [0.4, 0.5) is 0 Å². The van der Waals surface area contributed by atoms with E-state index in [1.54, 1.807) is 0 Å². The molecule has 0 aliphatic carbocycles. The molecule has 110 valence electrons. The smallest absolute Gasteiger partial charge is 0.0569 e. The summed E-state index contributed by atoms with van der Waals surface area (Å²) in [6.07, 6.45) is 4.22. The van der Waals surface area contributed by atoms with Gasteiger partial charge in [0, 0.05) is 26.4 Å². The lowest BCUT2D eigenvalue weighted by molar-refractivity contribution is 0.840. The normalized spacial score (nSPS) is 11.4. The van der Waals surface area contributed by atoms with Crippen molar-refractivity contribution < 1.29 is 0 Å². The van der Waals surface area contributed by atoms with E-state index < -0.39 is 0 Å². The first-order chi connectivity index (χ1) is 10.2. The summed E-state index contributed by atoms with van der Waals surface area (Å²) in [5, 5.41) is 2.04. The van der Waals surface area contributed by atoms with Gasteiger partial charge in [-0.05, 0) is 49.2 Å². The number of aromatic nitrogens is 1. The van der Waals surface area contributed by atoms with E-state index in [1.165, 1.54) is 26.2 Å². The molecule has 0 saturated carbocycles. The number of benzene rings is 1. The van der Waals surface area contributed by atoms with Gasteiger partial charge in [-0.15, -0.1) is 11.3 Å². The molecule has 3 rings (SSSR count). The molecular weight excluding hydrogens is 300 g/mol. The van der Waals surface area contributed by atoms with Crippen molar-refractivity contribution in [2.24, 2.45) is 5.73 Å². The van der Waals surface area contributed by atoms with Crippen molar-refractivity contribution in [3.05, 3.63) is 56.9 Å². The molecule has 2 N–H and O–H groups in total. The van der Waals surface area contributed by atoms with Crippen LogP contribution in [0.5, 0.6) is 0 Å². The quantitative estimate of drug-likeness (QED) is 0.739. The lowest BCUT2D eigenvalue weighted by Gasteiger charge is -2.03. The van der Waals surface area contributed by atoms with E-state index in [0.29, 0.717) is 6.54 Å². The highest BCUT2D eigenvalue weighted by molar-refractivity contribution is 7.11. The Labute approximate surface area is 134 Å². The molecule has 0 atom stereocenters. The number of nitrogens with zero attached hydrogens (tertiary/aromatic N) is 1. The molecule has 2 heterocycles. The zero-order valence-corrected chi connectivity index (χ0v) is 13.7. The highest BCUT2D eigenvalue weighted by Crippen LogP contribution is 2.27. The van der Waals surface area contributed by atoms with Crippen molar-refractivity contribution in [2.75, 3.05) is 6.54 Å². The summed E-state index contributed by atoms with van der Waals surface area (Å²) in [5.41, 5.74) is 8.23. The number of halogens is 1. The van der Waals surface area contributed by atoms with Crippen molar-refractivity contribution in [3.63, 3.8) is 0 Å². The largest absolute Gasteiger partial charge is 0.342 e. The topological polar surface area (TPSA) is 30.9 Å². The standard InChI is InChI=1S/C17H19ClN2S/c1-2-14-4-5-15(21-14)11-20-10-12(7-8-19)16-6-3-13(18)9-17(16)20/h3-6,9-10H,2,7-8,11,19H2,1H3. The summed E-state index contributed by atoms with van der Waals surface area (Å²) in [5.74, 6) is 0. The Morgan fingerprint density at radius 2 is 2.00 bits per heavy atom. The van der Waals surface area contributed by atoms with Gasteiger partial charge >= 0.3 is 0 Å². The van der Waals surface area contributed by atoms with Crippen LogP contribution in [-0.4, -0.2) is 11.1 Å². The van der Waals surface area contributed by atoms with Gasteiger partial charge in [0.1, 0.15) is 0 Å². The molecule has 4 heteroatoms. The predicted octanol–water partition coefficient (Wildman–Crippen LogP) is 4.47. The van der Waals surface area contributed by atoms with Crippen LogP contribution in [0.25, 0.3) is 10.9 Å². The maximum absolute atomic E-state index is 6.17. The molecule has 0 amide bonds. The lowest BCUT2D eigenvalue weighted by Crippen LogP contribution is -2.02. The number of hydrogen-bond acceptors (Lipinski definition) is 2. The summed E-state index contributed by atoms with van der Waals surface area (Å²) in [4.78, 5) is 2.81. The van der Waals surface area contributed by atoms with Crippen LogP contribution in [0.1, 0.15) is 22.2 Å². The minimum atomic E-state index is 0.667. The van der Waals surface area contributed by atoms with Crippen LogP contribution in [0.15, 0.2) is 36.5 Å². The maximum Gasteiger partial charge on any atom is 0.0569 e. The van der Waals surface area contributed by atoms with Crippen molar-refractivity contribution in [3.8, 4) is 0 Å². The molecule has 21 heavy (non-hydrogen) atoms. The Bertz CT molecular complexity index is 757. The van der Waals surface area contributed by atoms with Gasteiger partial charge in [0.2, 0.25) is 0 Å². The fraction of sp³-hybridized carbons (Fsp3) is 0.294. The molecule has 1 aromatic carbocycles. The summed E-state index contributed by atoms with van der Waals surface area (Å²) in [6.45, 7) is 3.76. The van der Waals surface area contributed by atoms with Gasteiger partial charge in [0.25, 0.3) is 0 Å². The van der Waals surface area contributed by atoms with Gasteiger partial charge < -0.3 is 10.3 Å². The summed E-state index contributed by atoms with van der Waals surface area (Å²) in [7, 11) is 0. The van der Waals surface area contributed by atoms with E-state index in [9.17, 15) is 0 Å². The van der Waals surface area contributed by atoms with Gasteiger partial charge in [0.15, 0.2) is 0 Å². The van der Waals surface area contributed by atoms with E-state index in [1.807, 2.05) is 23.5 Å². The fourth-order valence-electron chi connectivity index (χ4n) is 2.69. The Hall–Kier alpha value is -1.29. The zero-order chi connectivity index (χ0) is 14.8. The summed E-state index contributed by atoms with van der Waals surface area (Å²) < 4.78 is 2.29. The number of fused-ring (bicyclic) bond motifs is 1. The zero-order valence-electron chi connectivity index (χ0n) is 12.1. The number of thiophene rings is 1. The molecule has 2 aromatic heterocycles. The Balaban J connectivity index is 2.02. The Morgan fingerprint density at radius 3 is 2.71 bits per heavy atom. The van der Waals surface area contributed by atoms with Gasteiger partial charge in [-0.25, -0.2) is 0 Å². The van der Waals surface area contributed by atoms with E-state index in [0.717, 1.165) is 24.4 Å². The van der Waals surface area contributed by atoms with Crippen LogP contribution in [0, 0.1) is 0 Å². The molecule has 0 saturated heterocycles. The first-order valence-electron chi connectivity index (χ1n) is 7.26. The summed E-state index contributed by atoms with van der Waals surface area (Å²) >= 11 is 8.06. The van der Waals surface area contributed by atoms with E-state index in [-0.39, 0.29) is 0 Å². The Kier molecular flexibility index (Phi) is 4.34. The molecule has 0 fully saturated rings. The molecule has 0 aliphatic heterocycles. The highest BCUT2D eigenvalue weighted by Gasteiger charge is 2.10. The van der Waals surface area contributed by atoms with Crippen LogP contribution < -0.4 is 5.73 Å². The SMILES string of the molecule is CCc1ccc(Cn2cc(CCN)c3ccc(Cl)cc32)s1. The van der Waals surface area contributed by atoms with Gasteiger partial charge in [0.05, 0.1) is 12.1 Å². The minimum absolute atomic E-state index is 0.667. The molecule has 3 aromatic rings. The molecule has 0 spiro atoms. The highest BCUT2D eigenvalue weighted by atomic mass is 35.5. The summed E-state index contributed by atoms with van der Waals surface area (Å²) in [6, 6.07) is 10.5. The number of rotatable bonds is 5. The number of hydrogen-bond donors (Lipinski definition) is 1. The van der Waals surface area contributed by atoms with Gasteiger partial charge in [-0.1, -0.05) is 24.6 Å². The van der Waals surface area contributed by atoms with Gasteiger partial charge in [-0.3, -0.25) is 0 Å². The molecular formula is C17H19ClN2S. The Morgan fingerprint density at radius 1 is 1.19 bits per heavy atom. The first-order valence-corrected chi connectivity index (χ1v) is 8.45. The minimum Gasteiger partial charge on any atom is -0.342 e. The molecule has 0 aliphatic rings. The number of nitrogens with two attached hydrogens (primary N) is 1. The third kappa shape index (κ3) is 3.00. The fourth-order valence-corrected chi connectivity index (χ4v) is 3.82. The van der Waals surface area contributed by atoms with Crippen molar-refractivity contribution in [1.29, 1.82) is 0 Å². The van der Waals surface area contributed by atoms with E-state index >= 15 is 0 Å². The monoisotopic (exact) mass is 318 g/mol. The lowest BCUT2D eigenvalue weighted by atomic mass is 10.1. The molecule has 0 radical (unpaired) electrons. The maximum atomic E-state index is 6.17. The molecule has 0 unspecified atom stereocenters. The number of aryl methyl sites for hydroxylation is 1. The van der Waals surface area contributed by atoms with Crippen molar-refractivity contribution in [2.45, 2.75) is 26.3 Å². The van der Waals surface area contributed by atoms with Gasteiger partial charge in [-0.2, -0.15) is 0 Å². The van der Waals surface area contributed by atoms with E-state index in [4.69, 9.17) is 17.3 Å². The predicted molar refractivity (Wildman–Crippen MR) is 92.5 cm³/mol. The second kappa shape index (κ2) is 6.22. The molecule has 2 nitrogen and oxygen atoms in total. The van der Waals surface area contributed by atoms with E-state index in [2.05, 4.69) is 35.9 Å². The first kappa shape index (κ1) is 14.6. The van der Waals surface area contributed by atoms with Crippen LogP contribution in [0.2, 0.25) is 5.02 Å². The third-order valence-corrected chi connectivity index (χ3v) is 5.18. The van der Waals surface area contributed by atoms with Crippen LogP contribution in [-0.2, 0) is 19.4 Å².